The van der Waals surface area contributed by atoms with Crippen molar-refractivity contribution in [1.82, 2.24) is 5.32 Å². The van der Waals surface area contributed by atoms with E-state index in [-0.39, 0.29) is 17.7 Å². The van der Waals surface area contributed by atoms with Crippen molar-refractivity contribution < 1.29 is 19.1 Å². The van der Waals surface area contributed by atoms with Crippen molar-refractivity contribution in [3.05, 3.63) is 30.2 Å². The van der Waals surface area contributed by atoms with Gasteiger partial charge in [0.05, 0.1) is 12.2 Å². The molecule has 1 amide bonds. The number of nitrogens with one attached hydrogen (secondary N) is 1. The Morgan fingerprint density at radius 2 is 2.20 bits per heavy atom. The molecule has 20 heavy (non-hydrogen) atoms. The fourth-order valence-corrected chi connectivity index (χ4v) is 2.61. The van der Waals surface area contributed by atoms with E-state index in [1.165, 1.54) is 12.3 Å². The molecule has 0 radical (unpaired) electrons. The topological polar surface area (TPSA) is 79.5 Å². The maximum atomic E-state index is 11.7. The Bertz CT molecular complexity index is 478. The van der Waals surface area contributed by atoms with Crippen molar-refractivity contribution in [2.24, 2.45) is 11.8 Å². The van der Waals surface area contributed by atoms with Gasteiger partial charge in [0.25, 0.3) is 0 Å². The summed E-state index contributed by atoms with van der Waals surface area (Å²) in [5.41, 5.74) is 0. The Morgan fingerprint density at radius 1 is 1.40 bits per heavy atom. The first-order valence-corrected chi connectivity index (χ1v) is 6.89. The number of amides is 1. The summed E-state index contributed by atoms with van der Waals surface area (Å²) in [6.45, 7) is 0.415. The van der Waals surface area contributed by atoms with E-state index in [9.17, 15) is 9.59 Å². The summed E-state index contributed by atoms with van der Waals surface area (Å²) in [5.74, 6) is -0.673. The molecule has 1 aromatic heterocycles. The zero-order valence-electron chi connectivity index (χ0n) is 11.2. The van der Waals surface area contributed by atoms with Crippen molar-refractivity contribution in [3.8, 4) is 0 Å². The number of aliphatic carboxylic acids is 1. The lowest BCUT2D eigenvalue weighted by molar-refractivity contribution is -0.145. The minimum absolute atomic E-state index is 0.0298. The molecule has 0 bridgehead atoms. The predicted octanol–water partition coefficient (Wildman–Crippen LogP) is 2.30. The zero-order valence-corrected chi connectivity index (χ0v) is 11.2. The van der Waals surface area contributed by atoms with Crippen LogP contribution in [0.2, 0.25) is 0 Å². The van der Waals surface area contributed by atoms with E-state index in [0.717, 1.165) is 19.3 Å². The lowest BCUT2D eigenvalue weighted by Crippen LogP contribution is -2.36. The maximum Gasteiger partial charge on any atom is 0.306 e. The maximum absolute atomic E-state index is 11.7. The van der Waals surface area contributed by atoms with Gasteiger partial charge in [-0.25, -0.2) is 0 Å². The molecule has 1 fully saturated rings. The highest BCUT2D eigenvalue weighted by molar-refractivity contribution is 5.91. The molecule has 0 saturated heterocycles. The quantitative estimate of drug-likeness (QED) is 0.809. The van der Waals surface area contributed by atoms with Crippen molar-refractivity contribution in [2.75, 3.05) is 6.54 Å². The Hall–Kier alpha value is -2.04. The van der Waals surface area contributed by atoms with Gasteiger partial charge in [0.1, 0.15) is 5.76 Å². The van der Waals surface area contributed by atoms with Gasteiger partial charge in [-0.2, -0.15) is 0 Å². The molecule has 0 unspecified atom stereocenters. The Balaban J connectivity index is 1.81. The van der Waals surface area contributed by atoms with Crippen LogP contribution in [-0.2, 0) is 9.59 Å². The molecule has 2 N–H and O–H groups in total. The number of carboxylic acid groups (broad SMARTS) is 1. The van der Waals surface area contributed by atoms with E-state index < -0.39 is 5.97 Å². The largest absolute Gasteiger partial charge is 0.481 e. The number of carbonyl (C=O) groups is 2. The molecule has 1 heterocycles. The first kappa shape index (κ1) is 14.4. The number of furan rings is 1. The van der Waals surface area contributed by atoms with Crippen LogP contribution in [0.1, 0.15) is 31.4 Å². The van der Waals surface area contributed by atoms with E-state index >= 15 is 0 Å². The predicted molar refractivity (Wildman–Crippen MR) is 73.8 cm³/mol. The van der Waals surface area contributed by atoms with Crippen LogP contribution in [-0.4, -0.2) is 23.5 Å². The molecule has 0 aliphatic heterocycles. The molecule has 5 nitrogen and oxygen atoms in total. The second kappa shape index (κ2) is 6.93. The smallest absolute Gasteiger partial charge is 0.306 e. The average Bonchev–Trinajstić information content (AvgIpc) is 2.96. The summed E-state index contributed by atoms with van der Waals surface area (Å²) in [6.07, 6.45) is 8.09. The van der Waals surface area contributed by atoms with Gasteiger partial charge in [-0.3, -0.25) is 9.59 Å². The normalized spacial score (nSPS) is 22.8. The SMILES string of the molecule is O=C(/C=C/c1ccco1)NC[C@@H]1CCCC[C@@H]1C(=O)O. The summed E-state index contributed by atoms with van der Waals surface area (Å²) < 4.78 is 5.08. The van der Waals surface area contributed by atoms with Gasteiger partial charge in [0.2, 0.25) is 5.91 Å². The van der Waals surface area contributed by atoms with Crippen LogP contribution in [0.15, 0.2) is 28.9 Å². The number of hydrogen-bond donors (Lipinski definition) is 2. The number of hydrogen-bond acceptors (Lipinski definition) is 3. The highest BCUT2D eigenvalue weighted by Gasteiger charge is 2.30. The van der Waals surface area contributed by atoms with Gasteiger partial charge in [0, 0.05) is 12.6 Å². The molecule has 1 aromatic rings. The van der Waals surface area contributed by atoms with Gasteiger partial charge in [0.15, 0.2) is 0 Å². The molecule has 1 aliphatic carbocycles. The number of carbonyl (C=O) groups excluding carboxylic acids is 1. The van der Waals surface area contributed by atoms with Gasteiger partial charge in [-0.1, -0.05) is 12.8 Å². The van der Waals surface area contributed by atoms with E-state index in [4.69, 9.17) is 9.52 Å². The summed E-state index contributed by atoms with van der Waals surface area (Å²) in [7, 11) is 0. The highest BCUT2D eigenvalue weighted by Crippen LogP contribution is 2.29. The summed E-state index contributed by atoms with van der Waals surface area (Å²) in [6, 6.07) is 3.50. The van der Waals surface area contributed by atoms with E-state index in [1.807, 2.05) is 0 Å². The fourth-order valence-electron chi connectivity index (χ4n) is 2.61. The second-order valence-electron chi connectivity index (χ2n) is 5.08. The Kier molecular flexibility index (Phi) is 4.98. The zero-order chi connectivity index (χ0) is 14.4. The first-order valence-electron chi connectivity index (χ1n) is 6.89. The highest BCUT2D eigenvalue weighted by atomic mass is 16.4. The first-order chi connectivity index (χ1) is 9.66. The van der Waals surface area contributed by atoms with Gasteiger partial charge < -0.3 is 14.8 Å². The summed E-state index contributed by atoms with van der Waals surface area (Å²) >= 11 is 0. The molecular formula is C15H19NO4. The second-order valence-corrected chi connectivity index (χ2v) is 5.08. The third kappa shape index (κ3) is 3.98. The van der Waals surface area contributed by atoms with Gasteiger partial charge in [-0.15, -0.1) is 0 Å². The molecular weight excluding hydrogens is 258 g/mol. The minimum atomic E-state index is -0.755. The Labute approximate surface area is 117 Å². The van der Waals surface area contributed by atoms with Crippen molar-refractivity contribution in [3.63, 3.8) is 0 Å². The number of rotatable bonds is 5. The van der Waals surface area contributed by atoms with Crippen molar-refractivity contribution in [1.29, 1.82) is 0 Å². The van der Waals surface area contributed by atoms with E-state index in [1.54, 1.807) is 18.2 Å². The molecule has 1 saturated carbocycles. The van der Waals surface area contributed by atoms with Crippen LogP contribution in [0.25, 0.3) is 6.08 Å². The van der Waals surface area contributed by atoms with Crippen LogP contribution < -0.4 is 5.32 Å². The van der Waals surface area contributed by atoms with Crippen molar-refractivity contribution >= 4 is 18.0 Å². The van der Waals surface area contributed by atoms with Crippen LogP contribution in [0.4, 0.5) is 0 Å². The molecule has 2 atom stereocenters. The minimum Gasteiger partial charge on any atom is -0.481 e. The molecule has 0 aromatic carbocycles. The third-order valence-electron chi connectivity index (χ3n) is 3.71. The van der Waals surface area contributed by atoms with Gasteiger partial charge in [-0.05, 0) is 37.0 Å². The number of carboxylic acids is 1. The molecule has 108 valence electrons. The van der Waals surface area contributed by atoms with Crippen LogP contribution in [0.3, 0.4) is 0 Å². The summed E-state index contributed by atoms with van der Waals surface area (Å²) in [5, 5.41) is 11.9. The van der Waals surface area contributed by atoms with Crippen LogP contribution >= 0.6 is 0 Å². The van der Waals surface area contributed by atoms with E-state index in [0.29, 0.717) is 18.7 Å². The van der Waals surface area contributed by atoms with Crippen LogP contribution in [0, 0.1) is 11.8 Å². The Morgan fingerprint density at radius 3 is 2.90 bits per heavy atom. The monoisotopic (exact) mass is 277 g/mol. The molecule has 1 aliphatic rings. The van der Waals surface area contributed by atoms with Gasteiger partial charge >= 0.3 is 5.97 Å². The van der Waals surface area contributed by atoms with Crippen LogP contribution in [0.5, 0.6) is 0 Å². The average molecular weight is 277 g/mol. The third-order valence-corrected chi connectivity index (χ3v) is 3.71. The lowest BCUT2D eigenvalue weighted by Gasteiger charge is -2.28. The van der Waals surface area contributed by atoms with E-state index in [2.05, 4.69) is 5.32 Å². The molecule has 5 heteroatoms. The summed E-state index contributed by atoms with van der Waals surface area (Å²) in [4.78, 5) is 22.8. The lowest BCUT2D eigenvalue weighted by atomic mass is 9.79. The molecule has 2 rings (SSSR count). The standard InChI is InChI=1S/C15H19NO4/c17-14(8-7-12-5-3-9-20-12)16-10-11-4-1-2-6-13(11)15(18)19/h3,5,7-9,11,13H,1-2,4,6,10H2,(H,16,17)(H,18,19)/b8-7+/t11-,13-/m0/s1. The molecule has 0 spiro atoms. The van der Waals surface area contributed by atoms with Crippen molar-refractivity contribution in [2.45, 2.75) is 25.7 Å². The fraction of sp³-hybridized carbons (Fsp3) is 0.467.